The van der Waals surface area contributed by atoms with E-state index in [-0.39, 0.29) is 11.8 Å². The molecule has 1 aliphatic heterocycles. The van der Waals surface area contributed by atoms with Crippen molar-refractivity contribution in [1.29, 1.82) is 0 Å². The summed E-state index contributed by atoms with van der Waals surface area (Å²) in [6.07, 6.45) is 0.181. The maximum absolute atomic E-state index is 12.8. The summed E-state index contributed by atoms with van der Waals surface area (Å²) in [6, 6.07) is 9.78. The highest BCUT2D eigenvalue weighted by molar-refractivity contribution is 5.94. The van der Waals surface area contributed by atoms with Crippen molar-refractivity contribution in [3.63, 3.8) is 0 Å². The Morgan fingerprint density at radius 1 is 1.38 bits per heavy atom. The topological polar surface area (TPSA) is 69.2 Å². The van der Waals surface area contributed by atoms with Crippen molar-refractivity contribution in [2.45, 2.75) is 39.2 Å². The third-order valence-electron chi connectivity index (χ3n) is 4.72. The van der Waals surface area contributed by atoms with Crippen molar-refractivity contribution in [3.8, 4) is 0 Å². The Kier molecular flexibility index (Phi) is 4.71. The van der Waals surface area contributed by atoms with E-state index in [1.54, 1.807) is 4.90 Å². The number of hydrogen-bond donors (Lipinski definition) is 2. The number of nitrogens with one attached hydrogen (secondary N) is 1. The zero-order chi connectivity index (χ0) is 17.3. The van der Waals surface area contributed by atoms with Crippen LogP contribution in [-0.4, -0.2) is 45.3 Å². The fourth-order valence-corrected chi connectivity index (χ4v) is 3.28. The van der Waals surface area contributed by atoms with Crippen LogP contribution in [0.3, 0.4) is 0 Å². The van der Waals surface area contributed by atoms with Crippen molar-refractivity contribution in [1.82, 2.24) is 15.1 Å². The van der Waals surface area contributed by atoms with Gasteiger partial charge in [0.15, 0.2) is 0 Å². The van der Waals surface area contributed by atoms with E-state index in [0.717, 1.165) is 17.0 Å². The minimum absolute atomic E-state index is 0.00254. The van der Waals surface area contributed by atoms with Crippen LogP contribution in [0.25, 0.3) is 0 Å². The first kappa shape index (κ1) is 16.7. The predicted molar refractivity (Wildman–Crippen MR) is 93.0 cm³/mol. The monoisotopic (exact) mass is 327 g/mol. The molecular formula is C19H25N3O2. The molecule has 2 N–H and O–H groups in total. The lowest BCUT2D eigenvalue weighted by atomic mass is 10.00. The molecule has 1 fully saturated rings. The second kappa shape index (κ2) is 6.77. The van der Waals surface area contributed by atoms with Crippen LogP contribution in [0.2, 0.25) is 0 Å². The highest BCUT2D eigenvalue weighted by atomic mass is 16.3. The molecule has 24 heavy (non-hydrogen) atoms. The summed E-state index contributed by atoms with van der Waals surface area (Å²) in [4.78, 5) is 14.5. The van der Waals surface area contributed by atoms with Crippen LogP contribution in [-0.2, 0) is 6.42 Å². The van der Waals surface area contributed by atoms with Gasteiger partial charge in [0, 0.05) is 30.3 Å². The van der Waals surface area contributed by atoms with Crippen LogP contribution in [0.15, 0.2) is 30.3 Å². The Balaban J connectivity index is 1.69. The minimum Gasteiger partial charge on any atom is -0.391 e. The van der Waals surface area contributed by atoms with Gasteiger partial charge in [0.05, 0.1) is 11.8 Å². The van der Waals surface area contributed by atoms with E-state index in [9.17, 15) is 9.90 Å². The number of H-pyrrole nitrogens is 1. The smallest absolute Gasteiger partial charge is 0.253 e. The number of β-amino-alcohol motifs (C(OH)–C–C–N with tert-alkyl or cyclic N) is 1. The maximum Gasteiger partial charge on any atom is 0.253 e. The molecular weight excluding hydrogens is 302 g/mol. The molecule has 0 saturated carbocycles. The molecule has 0 spiro atoms. The van der Waals surface area contributed by atoms with Gasteiger partial charge in [-0.1, -0.05) is 26.0 Å². The van der Waals surface area contributed by atoms with Crippen molar-refractivity contribution < 1.29 is 9.90 Å². The van der Waals surface area contributed by atoms with Gasteiger partial charge in [0.2, 0.25) is 0 Å². The fraction of sp³-hybridized carbons (Fsp3) is 0.474. The maximum atomic E-state index is 12.8. The molecule has 128 valence electrons. The number of aromatic nitrogens is 2. The van der Waals surface area contributed by atoms with Crippen LogP contribution in [0.4, 0.5) is 0 Å². The van der Waals surface area contributed by atoms with Crippen LogP contribution < -0.4 is 0 Å². The fourth-order valence-electron chi connectivity index (χ4n) is 3.28. The first-order valence-electron chi connectivity index (χ1n) is 8.52. The molecule has 5 heteroatoms. The summed E-state index contributed by atoms with van der Waals surface area (Å²) in [5, 5.41) is 17.5. The number of rotatable bonds is 4. The lowest BCUT2D eigenvalue weighted by molar-refractivity contribution is 0.0764. The van der Waals surface area contributed by atoms with Crippen LogP contribution in [0, 0.1) is 12.8 Å². The summed E-state index contributed by atoms with van der Waals surface area (Å²) >= 11 is 0. The van der Waals surface area contributed by atoms with Gasteiger partial charge in [0.25, 0.3) is 5.91 Å². The summed E-state index contributed by atoms with van der Waals surface area (Å²) in [7, 11) is 0. The van der Waals surface area contributed by atoms with E-state index >= 15 is 0 Å². The number of carbonyl (C=O) groups excluding carboxylic acids is 1. The molecule has 2 aromatic rings. The predicted octanol–water partition coefficient (Wildman–Crippen LogP) is 2.52. The van der Waals surface area contributed by atoms with E-state index in [4.69, 9.17) is 0 Å². The number of aliphatic hydroxyl groups excluding tert-OH is 1. The number of nitrogens with zero attached hydrogens (tertiary/aromatic N) is 2. The molecule has 0 bridgehead atoms. The van der Waals surface area contributed by atoms with Gasteiger partial charge in [-0.15, -0.1) is 0 Å². The second-order valence-electron chi connectivity index (χ2n) is 7.06. The lowest BCUT2D eigenvalue weighted by Crippen LogP contribution is -2.29. The number of hydrogen-bond acceptors (Lipinski definition) is 3. The zero-order valence-electron chi connectivity index (χ0n) is 14.5. The van der Waals surface area contributed by atoms with E-state index in [0.29, 0.717) is 31.0 Å². The molecule has 2 heterocycles. The van der Waals surface area contributed by atoms with Crippen molar-refractivity contribution >= 4 is 5.91 Å². The first-order chi connectivity index (χ1) is 11.4. The molecule has 3 rings (SSSR count). The molecule has 0 radical (unpaired) electrons. The van der Waals surface area contributed by atoms with Crippen molar-refractivity contribution in [3.05, 3.63) is 52.8 Å². The Morgan fingerprint density at radius 2 is 2.17 bits per heavy atom. The quantitative estimate of drug-likeness (QED) is 0.906. The van der Waals surface area contributed by atoms with Gasteiger partial charge in [-0.2, -0.15) is 5.10 Å². The largest absolute Gasteiger partial charge is 0.391 e. The Bertz CT molecular complexity index is 723. The molecule has 1 aromatic carbocycles. The molecule has 0 unspecified atom stereocenters. The third kappa shape index (κ3) is 3.51. The molecule has 1 aromatic heterocycles. The summed E-state index contributed by atoms with van der Waals surface area (Å²) in [5.41, 5.74) is 3.80. The first-order valence-corrected chi connectivity index (χ1v) is 8.52. The van der Waals surface area contributed by atoms with Crippen LogP contribution in [0.5, 0.6) is 0 Å². The van der Waals surface area contributed by atoms with E-state index in [1.165, 1.54) is 0 Å². The van der Waals surface area contributed by atoms with E-state index in [1.807, 2.05) is 37.3 Å². The number of aryl methyl sites for hydroxylation is 1. The average molecular weight is 327 g/mol. The Labute approximate surface area is 142 Å². The number of carbonyl (C=O) groups is 1. The zero-order valence-corrected chi connectivity index (χ0v) is 14.5. The second-order valence-corrected chi connectivity index (χ2v) is 7.06. The third-order valence-corrected chi connectivity index (χ3v) is 4.72. The number of aliphatic hydroxyl groups is 1. The molecule has 5 nitrogen and oxygen atoms in total. The normalized spacial score (nSPS) is 20.8. The number of amides is 1. The number of aromatic amines is 1. The van der Waals surface area contributed by atoms with Gasteiger partial charge in [0.1, 0.15) is 0 Å². The van der Waals surface area contributed by atoms with E-state index < -0.39 is 6.10 Å². The highest BCUT2D eigenvalue weighted by Gasteiger charge is 2.34. The van der Waals surface area contributed by atoms with Crippen LogP contribution in [0.1, 0.15) is 47.1 Å². The number of likely N-dealkylation sites (tertiary alicyclic amines) is 1. The van der Waals surface area contributed by atoms with Crippen molar-refractivity contribution in [2.75, 3.05) is 13.1 Å². The Morgan fingerprint density at radius 3 is 2.83 bits per heavy atom. The van der Waals surface area contributed by atoms with Gasteiger partial charge in [-0.05, 0) is 43.0 Å². The molecule has 0 aliphatic carbocycles. The minimum atomic E-state index is -0.501. The van der Waals surface area contributed by atoms with E-state index in [2.05, 4.69) is 24.0 Å². The number of benzene rings is 1. The molecule has 1 saturated heterocycles. The van der Waals surface area contributed by atoms with Crippen LogP contribution >= 0.6 is 0 Å². The van der Waals surface area contributed by atoms with Crippen molar-refractivity contribution in [2.24, 2.45) is 5.92 Å². The standard InChI is InChI=1S/C19H25N3O2/c1-12(2)14-5-4-6-15(8-14)19(24)22-10-16(18(23)11-22)9-17-7-13(3)20-21-17/h4-8,12,16,18,23H,9-11H2,1-3H3,(H,20,21)/t16-,18-/m1/s1. The highest BCUT2D eigenvalue weighted by Crippen LogP contribution is 2.24. The van der Waals surface area contributed by atoms with Gasteiger partial charge < -0.3 is 10.0 Å². The molecule has 1 amide bonds. The lowest BCUT2D eigenvalue weighted by Gasteiger charge is -2.17. The van der Waals surface area contributed by atoms with Gasteiger partial charge in [-0.3, -0.25) is 9.89 Å². The average Bonchev–Trinajstić information content (AvgIpc) is 3.13. The molecule has 1 aliphatic rings. The molecule has 2 atom stereocenters. The summed E-state index contributed by atoms with van der Waals surface area (Å²) in [5.74, 6) is 0.416. The Hall–Kier alpha value is -2.14. The summed E-state index contributed by atoms with van der Waals surface area (Å²) in [6.45, 7) is 7.14. The van der Waals surface area contributed by atoms with Gasteiger partial charge >= 0.3 is 0 Å². The van der Waals surface area contributed by atoms with Gasteiger partial charge in [-0.25, -0.2) is 0 Å². The summed E-state index contributed by atoms with van der Waals surface area (Å²) < 4.78 is 0. The SMILES string of the molecule is Cc1cc(C[C@@H]2CN(C(=O)c3cccc(C(C)C)c3)C[C@H]2O)n[nH]1.